The van der Waals surface area contributed by atoms with Crippen LogP contribution in [-0.2, 0) is 4.79 Å². The monoisotopic (exact) mass is 341 g/mol. The van der Waals surface area contributed by atoms with Gasteiger partial charge < -0.3 is 15.5 Å². The number of allylic oxidation sites excluding steroid dienone is 1. The lowest BCUT2D eigenvalue weighted by molar-refractivity contribution is -0.113. The highest BCUT2D eigenvalue weighted by Crippen LogP contribution is 2.32. The number of urea groups is 1. The molecule has 1 aromatic heterocycles. The van der Waals surface area contributed by atoms with Crippen LogP contribution in [0.25, 0.3) is 0 Å². The fourth-order valence-corrected chi connectivity index (χ4v) is 3.42. The van der Waals surface area contributed by atoms with Gasteiger partial charge in [-0.15, -0.1) is 11.3 Å². The van der Waals surface area contributed by atoms with Gasteiger partial charge in [0.25, 0.3) is 5.91 Å². The summed E-state index contributed by atoms with van der Waals surface area (Å²) in [6, 6.07) is 10.8. The lowest BCUT2D eigenvalue weighted by Gasteiger charge is -2.33. The van der Waals surface area contributed by atoms with Gasteiger partial charge in [0.2, 0.25) is 0 Å². The van der Waals surface area contributed by atoms with E-state index in [2.05, 4.69) is 10.6 Å². The number of thiophene rings is 1. The molecule has 0 saturated carbocycles. The van der Waals surface area contributed by atoms with E-state index in [4.69, 9.17) is 0 Å². The van der Waals surface area contributed by atoms with Crippen LogP contribution in [0.3, 0.4) is 0 Å². The summed E-state index contributed by atoms with van der Waals surface area (Å²) in [4.78, 5) is 27.4. The minimum atomic E-state index is -0.431. The highest BCUT2D eigenvalue weighted by Gasteiger charge is 2.34. The van der Waals surface area contributed by atoms with E-state index in [1.54, 1.807) is 14.0 Å². The second-order valence-electron chi connectivity index (χ2n) is 5.78. The number of amides is 3. The Bertz CT molecular complexity index is 794. The fourth-order valence-electron chi connectivity index (χ4n) is 2.63. The maximum Gasteiger partial charge on any atom is 0.322 e. The van der Waals surface area contributed by atoms with E-state index in [-0.39, 0.29) is 11.9 Å². The molecule has 0 saturated heterocycles. The van der Waals surface area contributed by atoms with Crippen molar-refractivity contribution in [3.8, 4) is 0 Å². The van der Waals surface area contributed by atoms with Crippen LogP contribution in [0, 0.1) is 6.92 Å². The Morgan fingerprint density at radius 2 is 1.92 bits per heavy atom. The molecule has 3 amide bonds. The number of nitrogens with one attached hydrogen (secondary N) is 2. The van der Waals surface area contributed by atoms with Crippen LogP contribution in [0.5, 0.6) is 0 Å². The van der Waals surface area contributed by atoms with Gasteiger partial charge in [-0.05, 0) is 37.4 Å². The van der Waals surface area contributed by atoms with Crippen molar-refractivity contribution in [1.82, 2.24) is 10.2 Å². The van der Waals surface area contributed by atoms with Gasteiger partial charge >= 0.3 is 6.03 Å². The van der Waals surface area contributed by atoms with Crippen LogP contribution in [0.4, 0.5) is 10.5 Å². The van der Waals surface area contributed by atoms with E-state index in [0.29, 0.717) is 11.3 Å². The molecule has 2 N–H and O–H groups in total. The fraction of sp³-hybridized carbons (Fsp3) is 0.222. The standard InChI is InChI=1S/C18H19N3O2S/c1-11-6-8-13(9-7-11)19-17(22)15-12(2)21(3)18(23)20-16(15)14-5-4-10-24-14/h4-10,16H,1-3H3,(H,19,22)(H,20,23)/t16-/m0/s1. The zero-order valence-electron chi connectivity index (χ0n) is 13.8. The Kier molecular flexibility index (Phi) is 4.40. The zero-order valence-corrected chi connectivity index (χ0v) is 14.6. The number of carbonyl (C=O) groups is 2. The Labute approximate surface area is 145 Å². The van der Waals surface area contributed by atoms with Crippen LogP contribution in [0.15, 0.2) is 53.0 Å². The summed E-state index contributed by atoms with van der Waals surface area (Å²) in [6.07, 6.45) is 0. The average molecular weight is 341 g/mol. The summed E-state index contributed by atoms with van der Waals surface area (Å²) >= 11 is 1.52. The van der Waals surface area contributed by atoms with Crippen molar-refractivity contribution >= 4 is 29.0 Å². The van der Waals surface area contributed by atoms with Crippen LogP contribution < -0.4 is 10.6 Å². The Hall–Kier alpha value is -2.60. The third-order valence-corrected chi connectivity index (χ3v) is 5.07. The summed E-state index contributed by atoms with van der Waals surface area (Å²) in [6.45, 7) is 3.79. The molecule has 1 aliphatic heterocycles. The zero-order chi connectivity index (χ0) is 17.3. The predicted octanol–water partition coefficient (Wildman–Crippen LogP) is 3.67. The van der Waals surface area contributed by atoms with E-state index in [9.17, 15) is 9.59 Å². The largest absolute Gasteiger partial charge is 0.326 e. The lowest BCUT2D eigenvalue weighted by Crippen LogP contribution is -2.46. The number of hydrogen-bond acceptors (Lipinski definition) is 3. The van der Waals surface area contributed by atoms with E-state index in [1.165, 1.54) is 16.2 Å². The molecule has 1 aliphatic rings. The minimum absolute atomic E-state index is 0.207. The molecule has 1 aromatic carbocycles. The maximum absolute atomic E-state index is 12.9. The number of hydrogen-bond donors (Lipinski definition) is 2. The number of anilines is 1. The number of benzene rings is 1. The molecular weight excluding hydrogens is 322 g/mol. The van der Waals surface area contributed by atoms with Crippen LogP contribution in [0.2, 0.25) is 0 Å². The van der Waals surface area contributed by atoms with Gasteiger partial charge in [0.1, 0.15) is 0 Å². The second-order valence-corrected chi connectivity index (χ2v) is 6.76. The van der Waals surface area contributed by atoms with Crippen LogP contribution in [0.1, 0.15) is 23.4 Å². The SMILES string of the molecule is CC1=C(C(=O)Nc2ccc(C)cc2)[C@H](c2cccs2)NC(=O)N1C. The van der Waals surface area contributed by atoms with Gasteiger partial charge in [-0.3, -0.25) is 4.79 Å². The first-order chi connectivity index (χ1) is 11.5. The molecular formula is C18H19N3O2S. The van der Waals surface area contributed by atoms with Crippen LogP contribution >= 0.6 is 11.3 Å². The summed E-state index contributed by atoms with van der Waals surface area (Å²) < 4.78 is 0. The van der Waals surface area contributed by atoms with Crippen molar-refractivity contribution in [2.75, 3.05) is 12.4 Å². The highest BCUT2D eigenvalue weighted by molar-refractivity contribution is 7.10. The first-order valence-electron chi connectivity index (χ1n) is 7.64. The molecule has 0 spiro atoms. The van der Waals surface area contributed by atoms with Crippen molar-refractivity contribution in [2.24, 2.45) is 0 Å². The van der Waals surface area contributed by atoms with Crippen LogP contribution in [-0.4, -0.2) is 23.9 Å². The van der Waals surface area contributed by atoms with E-state index >= 15 is 0 Å². The Balaban J connectivity index is 1.95. The van der Waals surface area contributed by atoms with Gasteiger partial charge in [-0.25, -0.2) is 4.79 Å². The highest BCUT2D eigenvalue weighted by atomic mass is 32.1. The van der Waals surface area contributed by atoms with Crippen molar-refractivity contribution in [3.63, 3.8) is 0 Å². The van der Waals surface area contributed by atoms with Gasteiger partial charge in [0.05, 0.1) is 11.6 Å². The smallest absolute Gasteiger partial charge is 0.322 e. The normalized spacial score (nSPS) is 17.7. The van der Waals surface area contributed by atoms with Crippen molar-refractivity contribution < 1.29 is 9.59 Å². The molecule has 1 atom stereocenters. The summed E-state index contributed by atoms with van der Waals surface area (Å²) in [5, 5.41) is 7.77. The molecule has 124 valence electrons. The number of aryl methyl sites for hydroxylation is 1. The second kappa shape index (κ2) is 6.49. The summed E-state index contributed by atoms with van der Waals surface area (Å²) in [5.74, 6) is -0.207. The first-order valence-corrected chi connectivity index (χ1v) is 8.51. The predicted molar refractivity (Wildman–Crippen MR) is 95.9 cm³/mol. The maximum atomic E-state index is 12.9. The minimum Gasteiger partial charge on any atom is -0.326 e. The quantitative estimate of drug-likeness (QED) is 0.895. The van der Waals surface area contributed by atoms with Gasteiger partial charge in [-0.2, -0.15) is 0 Å². The van der Waals surface area contributed by atoms with E-state index in [0.717, 1.165) is 16.1 Å². The number of nitrogens with zero attached hydrogens (tertiary/aromatic N) is 1. The molecule has 0 unspecified atom stereocenters. The Morgan fingerprint density at radius 3 is 2.54 bits per heavy atom. The molecule has 24 heavy (non-hydrogen) atoms. The lowest BCUT2D eigenvalue weighted by atomic mass is 9.99. The average Bonchev–Trinajstić information content (AvgIpc) is 3.08. The van der Waals surface area contributed by atoms with E-state index < -0.39 is 6.04 Å². The van der Waals surface area contributed by atoms with Crippen molar-refractivity contribution in [2.45, 2.75) is 19.9 Å². The molecule has 0 aliphatic carbocycles. The molecule has 3 rings (SSSR count). The molecule has 0 fully saturated rings. The molecule has 6 heteroatoms. The van der Waals surface area contributed by atoms with Crippen molar-refractivity contribution in [3.05, 3.63) is 63.5 Å². The summed E-state index contributed by atoms with van der Waals surface area (Å²) in [7, 11) is 1.66. The molecule has 2 heterocycles. The molecule has 5 nitrogen and oxygen atoms in total. The third-order valence-electron chi connectivity index (χ3n) is 4.14. The van der Waals surface area contributed by atoms with Gasteiger partial charge in [-0.1, -0.05) is 23.8 Å². The third kappa shape index (κ3) is 3.05. The van der Waals surface area contributed by atoms with E-state index in [1.807, 2.05) is 48.7 Å². The Morgan fingerprint density at radius 1 is 1.21 bits per heavy atom. The molecule has 0 radical (unpaired) electrons. The van der Waals surface area contributed by atoms with Gasteiger partial charge in [0, 0.05) is 23.3 Å². The summed E-state index contributed by atoms with van der Waals surface area (Å²) in [5.41, 5.74) is 3.07. The number of carbonyl (C=O) groups excluding carboxylic acids is 2. The topological polar surface area (TPSA) is 61.4 Å². The number of rotatable bonds is 3. The molecule has 0 bridgehead atoms. The first kappa shape index (κ1) is 16.3. The van der Waals surface area contributed by atoms with Gasteiger partial charge in [0.15, 0.2) is 0 Å². The molecule has 2 aromatic rings. The van der Waals surface area contributed by atoms with Crippen molar-refractivity contribution in [1.29, 1.82) is 0 Å².